The van der Waals surface area contributed by atoms with E-state index in [4.69, 9.17) is 0 Å². The Hall–Kier alpha value is -3.25. The highest BCUT2D eigenvalue weighted by atomic mass is 32.2. The lowest BCUT2D eigenvalue weighted by Gasteiger charge is -2.24. The molecule has 0 saturated heterocycles. The normalized spacial score (nSPS) is 11.6. The van der Waals surface area contributed by atoms with E-state index in [0.29, 0.717) is 19.5 Å². The predicted molar refractivity (Wildman–Crippen MR) is 153 cm³/mol. The molecular weight excluding hydrogens is 480 g/mol. The highest BCUT2D eigenvalue weighted by molar-refractivity contribution is 7.99. The number of carbonyl (C=O) groups excluding carboxylic acids is 1. The van der Waals surface area contributed by atoms with Crippen molar-refractivity contribution in [3.05, 3.63) is 90.0 Å². The van der Waals surface area contributed by atoms with E-state index in [1.807, 2.05) is 72.5 Å². The van der Waals surface area contributed by atoms with Gasteiger partial charge in [-0.15, -0.1) is 0 Å². The number of anilines is 1. The summed E-state index contributed by atoms with van der Waals surface area (Å²) in [4.78, 5) is 28.5. The Morgan fingerprint density at radius 3 is 2.32 bits per heavy atom. The number of unbranched alkanes of at least 4 members (excludes halogenated alkanes) is 2. The monoisotopic (exact) mass is 518 g/mol. The van der Waals surface area contributed by atoms with Crippen molar-refractivity contribution in [2.24, 2.45) is 0 Å². The molecular formula is C31H38N2O3S. The fraction of sp³-hybridized carbons (Fsp3) is 0.355. The zero-order chi connectivity index (χ0) is 26.5. The van der Waals surface area contributed by atoms with Crippen LogP contribution in [0.4, 0.5) is 10.5 Å². The molecule has 1 unspecified atom stereocenters. The molecule has 2 N–H and O–H groups in total. The number of nitrogens with one attached hydrogen (secondary N) is 1. The van der Waals surface area contributed by atoms with Crippen LogP contribution in [-0.2, 0) is 11.2 Å². The second-order valence-corrected chi connectivity index (χ2v) is 10.3. The summed E-state index contributed by atoms with van der Waals surface area (Å²) in [7, 11) is 0. The lowest BCUT2D eigenvalue weighted by atomic mass is 9.97. The molecule has 3 aromatic rings. The van der Waals surface area contributed by atoms with Crippen molar-refractivity contribution >= 4 is 29.4 Å². The maximum atomic E-state index is 13.2. The Morgan fingerprint density at radius 1 is 0.892 bits per heavy atom. The van der Waals surface area contributed by atoms with Crippen LogP contribution in [0.25, 0.3) is 0 Å². The van der Waals surface area contributed by atoms with Crippen LogP contribution in [0, 0.1) is 0 Å². The molecule has 0 aliphatic rings. The van der Waals surface area contributed by atoms with E-state index in [2.05, 4.69) is 30.4 Å². The molecule has 0 heterocycles. The van der Waals surface area contributed by atoms with Gasteiger partial charge in [0.2, 0.25) is 0 Å². The summed E-state index contributed by atoms with van der Waals surface area (Å²) in [6.45, 7) is 5.35. The van der Waals surface area contributed by atoms with Gasteiger partial charge in [-0.05, 0) is 67.1 Å². The van der Waals surface area contributed by atoms with Gasteiger partial charge < -0.3 is 10.4 Å². The molecule has 37 heavy (non-hydrogen) atoms. The van der Waals surface area contributed by atoms with Gasteiger partial charge in [-0.1, -0.05) is 87.0 Å². The molecule has 0 radical (unpaired) electrons. The van der Waals surface area contributed by atoms with Crippen molar-refractivity contribution in [3.8, 4) is 0 Å². The lowest BCUT2D eigenvalue weighted by Crippen LogP contribution is -2.41. The first-order chi connectivity index (χ1) is 18.0. The number of carboxylic acids is 1. The molecule has 0 spiro atoms. The van der Waals surface area contributed by atoms with Crippen LogP contribution >= 0.6 is 11.8 Å². The minimum absolute atomic E-state index is 0.0602. The molecule has 0 aliphatic heterocycles. The number of aryl methyl sites for hydroxylation is 1. The van der Waals surface area contributed by atoms with E-state index in [1.54, 1.807) is 11.8 Å². The van der Waals surface area contributed by atoms with Crippen LogP contribution in [0.3, 0.4) is 0 Å². The smallest absolute Gasteiger partial charge is 0.321 e. The van der Waals surface area contributed by atoms with Gasteiger partial charge in [0, 0.05) is 28.6 Å². The van der Waals surface area contributed by atoms with E-state index >= 15 is 0 Å². The molecule has 0 aliphatic carbocycles. The fourth-order valence-electron chi connectivity index (χ4n) is 4.27. The molecule has 0 saturated carbocycles. The number of carboxylic acid groups (broad SMARTS) is 1. The van der Waals surface area contributed by atoms with Crippen molar-refractivity contribution in [1.82, 2.24) is 5.32 Å². The maximum Gasteiger partial charge on any atom is 0.321 e. The van der Waals surface area contributed by atoms with Crippen molar-refractivity contribution in [2.45, 2.75) is 68.1 Å². The van der Waals surface area contributed by atoms with Gasteiger partial charge in [-0.2, -0.15) is 0 Å². The van der Waals surface area contributed by atoms with Gasteiger partial charge in [0.05, 0.1) is 5.92 Å². The number of rotatable bonds is 14. The standard InChI is InChI=1S/C31H38N2O3S/c1-3-5-9-21-32-31(36)33(22-11-14-24-12-7-6-8-13-24)26-15-10-16-28(23-26)37-27-19-17-25(18-20-27)29(4-2)30(34)35/h6-8,10,12-13,15-20,23,29H,3-5,9,11,14,21-22H2,1-2H3,(H,32,36)(H,34,35). The number of urea groups is 1. The van der Waals surface area contributed by atoms with Crippen LogP contribution in [0.15, 0.2) is 88.7 Å². The molecule has 5 nitrogen and oxygen atoms in total. The Balaban J connectivity index is 1.71. The van der Waals surface area contributed by atoms with Gasteiger partial charge in [-0.25, -0.2) is 4.79 Å². The van der Waals surface area contributed by atoms with E-state index < -0.39 is 11.9 Å². The van der Waals surface area contributed by atoms with E-state index in [1.165, 1.54) is 5.56 Å². The topological polar surface area (TPSA) is 69.6 Å². The van der Waals surface area contributed by atoms with Crippen molar-refractivity contribution in [3.63, 3.8) is 0 Å². The van der Waals surface area contributed by atoms with E-state index in [-0.39, 0.29) is 6.03 Å². The molecule has 2 amide bonds. The molecule has 1 atom stereocenters. The van der Waals surface area contributed by atoms with Gasteiger partial charge in [0.1, 0.15) is 0 Å². The Morgan fingerprint density at radius 2 is 1.65 bits per heavy atom. The van der Waals surface area contributed by atoms with Crippen molar-refractivity contribution in [2.75, 3.05) is 18.0 Å². The Kier molecular flexibility index (Phi) is 11.6. The fourth-order valence-corrected chi connectivity index (χ4v) is 5.14. The first kappa shape index (κ1) is 28.3. The van der Waals surface area contributed by atoms with Crippen LogP contribution in [0.5, 0.6) is 0 Å². The highest BCUT2D eigenvalue weighted by Crippen LogP contribution is 2.32. The lowest BCUT2D eigenvalue weighted by molar-refractivity contribution is -0.138. The van der Waals surface area contributed by atoms with Crippen LogP contribution in [-0.4, -0.2) is 30.2 Å². The summed E-state index contributed by atoms with van der Waals surface area (Å²) < 4.78 is 0. The van der Waals surface area contributed by atoms with Gasteiger partial charge in [-0.3, -0.25) is 9.69 Å². The zero-order valence-electron chi connectivity index (χ0n) is 21.9. The molecule has 3 rings (SSSR count). The number of hydrogen-bond acceptors (Lipinski definition) is 3. The van der Waals surface area contributed by atoms with E-state index in [0.717, 1.165) is 53.1 Å². The summed E-state index contributed by atoms with van der Waals surface area (Å²) in [5.74, 6) is -1.28. The summed E-state index contributed by atoms with van der Waals surface area (Å²) >= 11 is 1.61. The Bertz CT molecular complexity index is 1120. The number of amides is 2. The molecule has 0 bridgehead atoms. The SMILES string of the molecule is CCCCCNC(=O)N(CCCc1ccccc1)c1cccc(Sc2ccc(C(CC)C(=O)O)cc2)c1. The maximum absolute atomic E-state index is 13.2. The second kappa shape index (κ2) is 15.1. The summed E-state index contributed by atoms with van der Waals surface area (Å²) in [5, 5.41) is 12.5. The zero-order valence-corrected chi connectivity index (χ0v) is 22.7. The number of nitrogens with zero attached hydrogens (tertiary/aromatic N) is 1. The molecule has 3 aromatic carbocycles. The first-order valence-corrected chi connectivity index (χ1v) is 14.0. The third kappa shape index (κ3) is 8.97. The first-order valence-electron chi connectivity index (χ1n) is 13.2. The van der Waals surface area contributed by atoms with Gasteiger partial charge in [0.15, 0.2) is 0 Å². The van der Waals surface area contributed by atoms with Gasteiger partial charge in [0.25, 0.3) is 0 Å². The average molecular weight is 519 g/mol. The van der Waals surface area contributed by atoms with Gasteiger partial charge >= 0.3 is 12.0 Å². The molecule has 0 aromatic heterocycles. The second-order valence-electron chi connectivity index (χ2n) is 9.15. The number of aliphatic carboxylic acids is 1. The van der Waals surface area contributed by atoms with Crippen LogP contribution in [0.2, 0.25) is 0 Å². The van der Waals surface area contributed by atoms with Crippen LogP contribution in [0.1, 0.15) is 63.0 Å². The minimum atomic E-state index is -0.795. The number of benzene rings is 3. The molecule has 6 heteroatoms. The predicted octanol–water partition coefficient (Wildman–Crippen LogP) is 7.76. The summed E-state index contributed by atoms with van der Waals surface area (Å²) in [6, 6.07) is 26.1. The Labute approximate surface area is 225 Å². The average Bonchev–Trinajstić information content (AvgIpc) is 2.91. The minimum Gasteiger partial charge on any atom is -0.481 e. The third-order valence-electron chi connectivity index (χ3n) is 6.35. The summed E-state index contributed by atoms with van der Waals surface area (Å²) in [6.07, 6.45) is 5.54. The van der Waals surface area contributed by atoms with Crippen molar-refractivity contribution in [1.29, 1.82) is 0 Å². The molecule has 0 fully saturated rings. The largest absolute Gasteiger partial charge is 0.481 e. The van der Waals surface area contributed by atoms with Crippen LogP contribution < -0.4 is 10.2 Å². The third-order valence-corrected chi connectivity index (χ3v) is 7.34. The highest BCUT2D eigenvalue weighted by Gasteiger charge is 2.18. The van der Waals surface area contributed by atoms with E-state index in [9.17, 15) is 14.7 Å². The van der Waals surface area contributed by atoms with Crippen molar-refractivity contribution < 1.29 is 14.7 Å². The number of hydrogen-bond donors (Lipinski definition) is 2. The number of carbonyl (C=O) groups is 2. The molecule has 196 valence electrons. The quantitative estimate of drug-likeness (QED) is 0.214. The summed E-state index contributed by atoms with van der Waals surface area (Å²) in [5.41, 5.74) is 2.96.